The first-order chi connectivity index (χ1) is 13.8. The van der Waals surface area contributed by atoms with Crippen molar-refractivity contribution < 1.29 is 4.74 Å². The van der Waals surface area contributed by atoms with Gasteiger partial charge in [-0.2, -0.15) is 0 Å². The quantitative estimate of drug-likeness (QED) is 0.855. The Kier molecular flexibility index (Phi) is 5.01. The molecule has 3 heterocycles. The third-order valence-electron chi connectivity index (χ3n) is 6.63. The Morgan fingerprint density at radius 3 is 2.68 bits per heavy atom. The number of benzene rings is 1. The number of aryl methyl sites for hydroxylation is 1. The average Bonchev–Trinajstić information content (AvgIpc) is 3.18. The minimum Gasteiger partial charge on any atom is -0.378 e. The van der Waals surface area contributed by atoms with Crippen LogP contribution in [0.15, 0.2) is 36.7 Å². The van der Waals surface area contributed by atoms with Gasteiger partial charge in [0.05, 0.1) is 24.9 Å². The summed E-state index contributed by atoms with van der Waals surface area (Å²) >= 11 is 0. The number of hydrogen-bond donors (Lipinski definition) is 2. The van der Waals surface area contributed by atoms with Gasteiger partial charge in [-0.1, -0.05) is 29.8 Å². The van der Waals surface area contributed by atoms with Gasteiger partial charge in [-0.3, -0.25) is 5.43 Å². The number of fused-ring (bicyclic) bond motifs is 1. The van der Waals surface area contributed by atoms with Crippen molar-refractivity contribution in [2.24, 2.45) is 5.92 Å². The monoisotopic (exact) mass is 379 g/mol. The van der Waals surface area contributed by atoms with E-state index in [0.29, 0.717) is 17.9 Å². The SMILES string of the molecule is Cc1ccc(C2CCC3NNC(c4cc(N5CCOCC5)ncn4)C3C2)cc1. The number of aromatic nitrogens is 2. The molecule has 5 rings (SSSR count). The van der Waals surface area contributed by atoms with Crippen molar-refractivity contribution in [1.29, 1.82) is 0 Å². The van der Waals surface area contributed by atoms with Crippen molar-refractivity contribution in [3.05, 3.63) is 53.5 Å². The molecule has 28 heavy (non-hydrogen) atoms. The molecular formula is C22H29N5O. The van der Waals surface area contributed by atoms with Gasteiger partial charge in [-0.05, 0) is 43.6 Å². The summed E-state index contributed by atoms with van der Waals surface area (Å²) in [5.74, 6) is 2.20. The fourth-order valence-corrected chi connectivity index (χ4v) is 4.99. The maximum Gasteiger partial charge on any atom is 0.132 e. The summed E-state index contributed by atoms with van der Waals surface area (Å²) in [5, 5.41) is 0. The number of nitrogens with zero attached hydrogens (tertiary/aromatic N) is 3. The zero-order valence-corrected chi connectivity index (χ0v) is 16.5. The summed E-state index contributed by atoms with van der Waals surface area (Å²) in [4.78, 5) is 11.5. The molecule has 1 aromatic carbocycles. The Labute approximate surface area is 166 Å². The second-order valence-electron chi connectivity index (χ2n) is 8.36. The van der Waals surface area contributed by atoms with Gasteiger partial charge in [-0.25, -0.2) is 15.4 Å². The van der Waals surface area contributed by atoms with Crippen LogP contribution in [0.4, 0.5) is 5.82 Å². The Morgan fingerprint density at radius 2 is 1.86 bits per heavy atom. The van der Waals surface area contributed by atoms with E-state index < -0.39 is 0 Å². The number of hydrazine groups is 1. The average molecular weight is 380 g/mol. The summed E-state index contributed by atoms with van der Waals surface area (Å²) in [6.45, 7) is 5.49. The molecule has 1 saturated carbocycles. The van der Waals surface area contributed by atoms with Crippen LogP contribution in [0, 0.1) is 12.8 Å². The highest BCUT2D eigenvalue weighted by atomic mass is 16.5. The lowest BCUT2D eigenvalue weighted by Gasteiger charge is -2.33. The van der Waals surface area contributed by atoms with Gasteiger partial charge in [0.1, 0.15) is 12.1 Å². The van der Waals surface area contributed by atoms with Crippen LogP contribution in [0.3, 0.4) is 0 Å². The molecule has 0 spiro atoms. The van der Waals surface area contributed by atoms with Gasteiger partial charge in [-0.15, -0.1) is 0 Å². The number of rotatable bonds is 3. The number of anilines is 1. The highest BCUT2D eigenvalue weighted by molar-refractivity contribution is 5.40. The summed E-state index contributed by atoms with van der Waals surface area (Å²) in [7, 11) is 0. The Balaban J connectivity index is 1.35. The van der Waals surface area contributed by atoms with E-state index >= 15 is 0 Å². The lowest BCUT2D eigenvalue weighted by atomic mass is 9.73. The smallest absolute Gasteiger partial charge is 0.132 e. The minimum absolute atomic E-state index is 0.237. The molecular weight excluding hydrogens is 350 g/mol. The third-order valence-corrected chi connectivity index (χ3v) is 6.63. The van der Waals surface area contributed by atoms with Gasteiger partial charge in [0.25, 0.3) is 0 Å². The Hall–Kier alpha value is -2.02. The maximum absolute atomic E-state index is 5.48. The molecule has 4 unspecified atom stereocenters. The summed E-state index contributed by atoms with van der Waals surface area (Å²) < 4.78 is 5.48. The first-order valence-corrected chi connectivity index (χ1v) is 10.5. The third kappa shape index (κ3) is 3.52. The van der Waals surface area contributed by atoms with Gasteiger partial charge < -0.3 is 9.64 Å². The summed E-state index contributed by atoms with van der Waals surface area (Å²) in [6.07, 6.45) is 5.35. The number of hydrogen-bond acceptors (Lipinski definition) is 6. The van der Waals surface area contributed by atoms with E-state index in [9.17, 15) is 0 Å². The van der Waals surface area contributed by atoms with Crippen LogP contribution in [0.2, 0.25) is 0 Å². The molecule has 0 amide bonds. The second kappa shape index (κ2) is 7.78. The van der Waals surface area contributed by atoms with E-state index in [1.807, 2.05) is 0 Å². The minimum atomic E-state index is 0.237. The van der Waals surface area contributed by atoms with Crippen LogP contribution < -0.4 is 15.8 Å². The number of nitrogens with one attached hydrogen (secondary N) is 2. The van der Waals surface area contributed by atoms with Crippen molar-refractivity contribution in [3.63, 3.8) is 0 Å². The number of ether oxygens (including phenoxy) is 1. The highest BCUT2D eigenvalue weighted by Gasteiger charge is 2.42. The predicted octanol–water partition coefficient (Wildman–Crippen LogP) is 2.72. The molecule has 2 saturated heterocycles. The molecule has 6 heteroatoms. The molecule has 3 fully saturated rings. The Bertz CT molecular complexity index is 805. The van der Waals surface area contributed by atoms with E-state index in [1.54, 1.807) is 6.33 Å². The Morgan fingerprint density at radius 1 is 1.04 bits per heavy atom. The van der Waals surface area contributed by atoms with Crippen molar-refractivity contribution in [2.75, 3.05) is 31.2 Å². The summed E-state index contributed by atoms with van der Waals surface area (Å²) in [5.41, 5.74) is 11.0. The highest BCUT2D eigenvalue weighted by Crippen LogP contribution is 2.43. The van der Waals surface area contributed by atoms with Gasteiger partial charge >= 0.3 is 0 Å². The van der Waals surface area contributed by atoms with Crippen LogP contribution in [0.5, 0.6) is 0 Å². The summed E-state index contributed by atoms with van der Waals surface area (Å²) in [6, 6.07) is 12.0. The molecule has 0 radical (unpaired) electrons. The van der Waals surface area contributed by atoms with Crippen LogP contribution in [-0.2, 0) is 4.74 Å². The molecule has 3 aliphatic rings. The van der Waals surface area contributed by atoms with Crippen LogP contribution in [-0.4, -0.2) is 42.3 Å². The zero-order chi connectivity index (χ0) is 18.9. The van der Waals surface area contributed by atoms with Crippen molar-refractivity contribution in [3.8, 4) is 0 Å². The molecule has 1 aromatic heterocycles. The molecule has 0 bridgehead atoms. The molecule has 2 aromatic rings. The van der Waals surface area contributed by atoms with E-state index in [2.05, 4.69) is 63.0 Å². The lowest BCUT2D eigenvalue weighted by Crippen LogP contribution is -2.37. The standard InChI is InChI=1S/C22H29N5O/c1-15-2-4-16(5-3-15)17-6-7-19-18(12-17)22(26-25-19)20-13-21(24-14-23-20)27-8-10-28-11-9-27/h2-5,13-14,17-19,22,25-26H,6-12H2,1H3. The first kappa shape index (κ1) is 18.0. The van der Waals surface area contributed by atoms with Crippen LogP contribution in [0.25, 0.3) is 0 Å². The van der Waals surface area contributed by atoms with E-state index in [0.717, 1.165) is 37.8 Å². The largest absolute Gasteiger partial charge is 0.378 e. The van der Waals surface area contributed by atoms with E-state index in [4.69, 9.17) is 4.74 Å². The first-order valence-electron chi connectivity index (χ1n) is 10.5. The zero-order valence-electron chi connectivity index (χ0n) is 16.5. The van der Waals surface area contributed by atoms with Crippen LogP contribution >= 0.6 is 0 Å². The molecule has 2 aliphatic heterocycles. The number of morpholine rings is 1. The van der Waals surface area contributed by atoms with Crippen molar-refractivity contribution in [2.45, 2.75) is 44.2 Å². The molecule has 148 valence electrons. The maximum atomic E-state index is 5.48. The fraction of sp³-hybridized carbons (Fsp3) is 0.545. The van der Waals surface area contributed by atoms with E-state index in [-0.39, 0.29) is 6.04 Å². The van der Waals surface area contributed by atoms with Gasteiger partial charge in [0.15, 0.2) is 0 Å². The lowest BCUT2D eigenvalue weighted by molar-refractivity contribution is 0.122. The van der Waals surface area contributed by atoms with E-state index in [1.165, 1.54) is 30.4 Å². The molecule has 6 nitrogen and oxygen atoms in total. The molecule has 2 N–H and O–H groups in total. The molecule has 1 aliphatic carbocycles. The normalized spacial score (nSPS) is 30.2. The predicted molar refractivity (Wildman–Crippen MR) is 109 cm³/mol. The van der Waals surface area contributed by atoms with Crippen molar-refractivity contribution in [1.82, 2.24) is 20.8 Å². The van der Waals surface area contributed by atoms with Crippen molar-refractivity contribution >= 4 is 5.82 Å². The van der Waals surface area contributed by atoms with Crippen LogP contribution in [0.1, 0.15) is 48.0 Å². The topological polar surface area (TPSA) is 62.3 Å². The second-order valence-corrected chi connectivity index (χ2v) is 8.36. The van der Waals surface area contributed by atoms with Gasteiger partial charge in [0, 0.05) is 25.2 Å². The fourth-order valence-electron chi connectivity index (χ4n) is 4.99. The van der Waals surface area contributed by atoms with Gasteiger partial charge in [0.2, 0.25) is 0 Å². The molecule has 4 atom stereocenters.